The Labute approximate surface area is 190 Å². The third-order valence-corrected chi connectivity index (χ3v) is 7.03. The van der Waals surface area contributed by atoms with E-state index in [2.05, 4.69) is 31.8 Å². The Bertz CT molecular complexity index is 1330. The number of pyridine rings is 1. The Morgan fingerprint density at radius 1 is 1.03 bits per heavy atom. The van der Waals surface area contributed by atoms with Crippen molar-refractivity contribution in [2.24, 2.45) is 0 Å². The van der Waals surface area contributed by atoms with Crippen molar-refractivity contribution in [3.63, 3.8) is 0 Å². The Kier molecular flexibility index (Phi) is 4.88. The van der Waals surface area contributed by atoms with Gasteiger partial charge in [0.15, 0.2) is 17.2 Å². The van der Waals surface area contributed by atoms with E-state index in [4.69, 9.17) is 4.98 Å². The molecule has 0 radical (unpaired) electrons. The molecule has 5 heterocycles. The van der Waals surface area contributed by atoms with Gasteiger partial charge in [0.2, 0.25) is 0 Å². The fourth-order valence-corrected chi connectivity index (χ4v) is 5.07. The second-order valence-corrected chi connectivity index (χ2v) is 9.05. The Hall–Kier alpha value is -3.30. The number of aromatic nitrogens is 4. The van der Waals surface area contributed by atoms with Crippen LogP contribution in [0, 0.1) is 5.82 Å². The highest BCUT2D eigenvalue weighted by molar-refractivity contribution is 5.98. The van der Waals surface area contributed by atoms with Crippen LogP contribution < -0.4 is 4.90 Å². The minimum absolute atomic E-state index is 0.396. The monoisotopic (exact) mass is 447 g/mol. The second-order valence-electron chi connectivity index (χ2n) is 9.05. The molecule has 0 spiro atoms. The summed E-state index contributed by atoms with van der Waals surface area (Å²) in [5.74, 6) is -1.08. The van der Waals surface area contributed by atoms with Crippen molar-refractivity contribution in [3.05, 3.63) is 48.8 Å². The van der Waals surface area contributed by atoms with Gasteiger partial charge in [0.05, 0.1) is 29.8 Å². The molecule has 2 fully saturated rings. The lowest BCUT2D eigenvalue weighted by Crippen LogP contribution is -2.49. The number of phenolic OH excluding ortho intramolecular Hbond substituents is 1. The summed E-state index contributed by atoms with van der Waals surface area (Å²) in [5, 5.41) is 15.1. The van der Waals surface area contributed by atoms with Gasteiger partial charge in [-0.25, -0.2) is 13.9 Å². The highest BCUT2D eigenvalue weighted by Gasteiger charge is 2.30. The van der Waals surface area contributed by atoms with E-state index in [9.17, 15) is 9.50 Å². The van der Waals surface area contributed by atoms with Gasteiger partial charge in [-0.2, -0.15) is 5.10 Å². The van der Waals surface area contributed by atoms with Crippen molar-refractivity contribution in [2.45, 2.75) is 12.5 Å². The van der Waals surface area contributed by atoms with Gasteiger partial charge in [-0.05, 0) is 31.2 Å². The molecule has 0 amide bonds. The zero-order valence-electron chi connectivity index (χ0n) is 18.5. The van der Waals surface area contributed by atoms with Crippen LogP contribution in [0.5, 0.6) is 5.75 Å². The van der Waals surface area contributed by atoms with Gasteiger partial charge < -0.3 is 14.9 Å². The van der Waals surface area contributed by atoms with Crippen molar-refractivity contribution < 1.29 is 9.50 Å². The molecule has 9 heteroatoms. The molecule has 3 aromatic heterocycles. The van der Waals surface area contributed by atoms with Gasteiger partial charge in [0, 0.05) is 68.5 Å². The fraction of sp³-hybridized carbons (Fsp3) is 0.375. The van der Waals surface area contributed by atoms with Crippen molar-refractivity contribution in [1.29, 1.82) is 0 Å². The van der Waals surface area contributed by atoms with Gasteiger partial charge in [0.1, 0.15) is 0 Å². The first-order valence-electron chi connectivity index (χ1n) is 11.4. The van der Waals surface area contributed by atoms with Crippen LogP contribution in [0.1, 0.15) is 6.42 Å². The van der Waals surface area contributed by atoms with E-state index < -0.39 is 11.6 Å². The summed E-state index contributed by atoms with van der Waals surface area (Å²) in [4.78, 5) is 16.4. The molecule has 0 saturated carbocycles. The van der Waals surface area contributed by atoms with Crippen LogP contribution >= 0.6 is 0 Å². The lowest BCUT2D eigenvalue weighted by molar-refractivity contribution is 0.120. The third kappa shape index (κ3) is 3.57. The number of benzene rings is 1. The molecule has 1 unspecified atom stereocenters. The van der Waals surface area contributed by atoms with Gasteiger partial charge in [-0.1, -0.05) is 0 Å². The van der Waals surface area contributed by atoms with Crippen molar-refractivity contribution in [2.75, 3.05) is 51.2 Å². The molecule has 1 N–H and O–H groups in total. The molecule has 170 valence electrons. The first kappa shape index (κ1) is 20.3. The number of fused-ring (bicyclic) bond motifs is 2. The zero-order chi connectivity index (χ0) is 22.5. The number of piperazine rings is 1. The van der Waals surface area contributed by atoms with Gasteiger partial charge in [-0.3, -0.25) is 9.88 Å². The molecule has 33 heavy (non-hydrogen) atoms. The molecule has 0 aliphatic carbocycles. The maximum absolute atomic E-state index is 13.8. The maximum atomic E-state index is 13.8. The van der Waals surface area contributed by atoms with Crippen LogP contribution in [-0.2, 0) is 0 Å². The summed E-state index contributed by atoms with van der Waals surface area (Å²) in [5.41, 5.74) is 3.88. The van der Waals surface area contributed by atoms with Crippen molar-refractivity contribution in [1.82, 2.24) is 29.4 Å². The summed E-state index contributed by atoms with van der Waals surface area (Å²) in [6.45, 7) is 6.55. The molecule has 6 rings (SSSR count). The molecule has 1 atom stereocenters. The average molecular weight is 448 g/mol. The number of halogens is 1. The Balaban J connectivity index is 1.29. The lowest BCUT2D eigenvalue weighted by atomic mass is 10.0. The van der Waals surface area contributed by atoms with E-state index in [0.717, 1.165) is 62.5 Å². The Morgan fingerprint density at radius 2 is 1.88 bits per heavy atom. The van der Waals surface area contributed by atoms with E-state index in [1.165, 1.54) is 12.1 Å². The largest absolute Gasteiger partial charge is 0.505 e. The summed E-state index contributed by atoms with van der Waals surface area (Å²) in [6.07, 6.45) is 8.49. The SMILES string of the molecule is CN1CCN(C2CCN(c3cnc4c(-c5ccnc6cc(F)c(O)cc56)cnn4c3)C2)CC1. The smallest absolute Gasteiger partial charge is 0.166 e. The predicted octanol–water partition coefficient (Wildman–Crippen LogP) is 2.62. The number of nitrogens with zero attached hydrogens (tertiary/aromatic N) is 7. The highest BCUT2D eigenvalue weighted by Crippen LogP contribution is 2.33. The summed E-state index contributed by atoms with van der Waals surface area (Å²) < 4.78 is 15.6. The van der Waals surface area contributed by atoms with E-state index in [0.29, 0.717) is 22.6 Å². The molecule has 8 nitrogen and oxygen atoms in total. The first-order valence-corrected chi connectivity index (χ1v) is 11.4. The average Bonchev–Trinajstić information content (AvgIpc) is 3.47. The van der Waals surface area contributed by atoms with Gasteiger partial charge in [0.25, 0.3) is 0 Å². The third-order valence-electron chi connectivity index (χ3n) is 7.03. The molecular weight excluding hydrogens is 421 g/mol. The highest BCUT2D eigenvalue weighted by atomic mass is 19.1. The van der Waals surface area contributed by atoms with Crippen molar-refractivity contribution >= 4 is 22.2 Å². The van der Waals surface area contributed by atoms with E-state index in [-0.39, 0.29) is 0 Å². The van der Waals surface area contributed by atoms with Gasteiger partial charge >= 0.3 is 0 Å². The minimum Gasteiger partial charge on any atom is -0.505 e. The van der Waals surface area contributed by atoms with Crippen LogP contribution in [0.15, 0.2) is 43.0 Å². The summed E-state index contributed by atoms with van der Waals surface area (Å²) in [6, 6.07) is 5.08. The molecule has 0 bridgehead atoms. The molecule has 2 aliphatic heterocycles. The molecule has 1 aromatic carbocycles. The summed E-state index contributed by atoms with van der Waals surface area (Å²) >= 11 is 0. The topological polar surface area (TPSA) is 73.0 Å². The lowest BCUT2D eigenvalue weighted by Gasteiger charge is -2.36. The number of aromatic hydroxyl groups is 1. The van der Waals surface area contributed by atoms with Crippen LogP contribution in [0.3, 0.4) is 0 Å². The number of hydrogen-bond donors (Lipinski definition) is 1. The standard InChI is InChI=1S/C24H26FN7O/c1-29-6-8-30(9-7-29)16-3-5-31(14-16)17-12-27-24-20(13-28-32(24)15-17)18-2-4-26-22-11-21(25)23(33)10-19(18)22/h2,4,10-13,15-16,33H,3,5-9,14H2,1H3. The van der Waals surface area contributed by atoms with Crippen LogP contribution in [-0.4, -0.2) is 86.8 Å². The number of rotatable bonds is 3. The number of hydrogen-bond acceptors (Lipinski definition) is 7. The van der Waals surface area contributed by atoms with Crippen LogP contribution in [0.25, 0.3) is 27.7 Å². The van der Waals surface area contributed by atoms with Crippen LogP contribution in [0.2, 0.25) is 0 Å². The van der Waals surface area contributed by atoms with Crippen LogP contribution in [0.4, 0.5) is 10.1 Å². The first-order chi connectivity index (χ1) is 16.1. The second kappa shape index (κ2) is 7.93. The predicted molar refractivity (Wildman–Crippen MR) is 125 cm³/mol. The quantitative estimate of drug-likeness (QED) is 0.518. The van der Waals surface area contributed by atoms with Gasteiger partial charge in [-0.15, -0.1) is 0 Å². The zero-order valence-corrected chi connectivity index (χ0v) is 18.5. The molecule has 2 saturated heterocycles. The molecule has 2 aliphatic rings. The van der Waals surface area contributed by atoms with Crippen molar-refractivity contribution in [3.8, 4) is 16.9 Å². The number of phenols is 1. The fourth-order valence-electron chi connectivity index (χ4n) is 5.07. The van der Waals surface area contributed by atoms with E-state index in [1.54, 1.807) is 16.9 Å². The minimum atomic E-state index is -0.685. The maximum Gasteiger partial charge on any atom is 0.166 e. The normalized spacial score (nSPS) is 20.3. The number of anilines is 1. The molecule has 4 aromatic rings. The summed E-state index contributed by atoms with van der Waals surface area (Å²) in [7, 11) is 2.19. The van der Waals surface area contributed by atoms with E-state index >= 15 is 0 Å². The number of likely N-dealkylation sites (N-methyl/N-ethyl adjacent to an activating group) is 1. The Morgan fingerprint density at radius 3 is 2.73 bits per heavy atom. The van der Waals surface area contributed by atoms with E-state index in [1.807, 2.05) is 18.5 Å². The molecular formula is C24H26FN7O.